The summed E-state index contributed by atoms with van der Waals surface area (Å²) in [5.74, 6) is -1.57. The maximum atomic E-state index is 12.3. The number of carbonyl (C=O) groups excluding carboxylic acids is 1. The lowest BCUT2D eigenvalue weighted by molar-refractivity contribution is -0.134. The molecule has 7 nitrogen and oxygen atoms in total. The lowest BCUT2D eigenvalue weighted by Gasteiger charge is -2.25. The van der Waals surface area contributed by atoms with E-state index in [1.165, 1.54) is 31.2 Å². The third kappa shape index (κ3) is 7.62. The number of aliphatic carboxylic acids is 2. The molecule has 7 heteroatoms. The van der Waals surface area contributed by atoms with E-state index in [2.05, 4.69) is 17.0 Å². The standard InChI is InChI=1S/C17H23NO2.C4H4O4/c19-17(13-18-9-11-20-12-10-18)16-7-5-15(6-8-16)14-3-1-2-4-14;5-3(6)1-2-4(7)8/h5-8,14H,1-4,9-13H2;1-2H,(H,5,6)(H,7,8). The smallest absolute Gasteiger partial charge is 0.328 e. The van der Waals surface area contributed by atoms with Crippen molar-refractivity contribution in [2.75, 3.05) is 32.8 Å². The van der Waals surface area contributed by atoms with Crippen molar-refractivity contribution < 1.29 is 29.3 Å². The Hall–Kier alpha value is -2.51. The molecule has 0 amide bonds. The number of carbonyl (C=O) groups is 3. The van der Waals surface area contributed by atoms with Gasteiger partial charge >= 0.3 is 11.9 Å². The number of ketones is 1. The lowest BCUT2D eigenvalue weighted by Crippen LogP contribution is -2.39. The number of ether oxygens (including phenoxy) is 1. The predicted octanol–water partition coefficient (Wildman–Crippen LogP) is 2.57. The van der Waals surface area contributed by atoms with Gasteiger partial charge in [0.25, 0.3) is 0 Å². The highest BCUT2D eigenvalue weighted by molar-refractivity contribution is 5.97. The maximum absolute atomic E-state index is 12.3. The van der Waals surface area contributed by atoms with Crippen LogP contribution in [0, 0.1) is 0 Å². The fourth-order valence-electron chi connectivity index (χ4n) is 3.40. The van der Waals surface area contributed by atoms with Gasteiger partial charge in [0.05, 0.1) is 19.8 Å². The number of carboxylic acids is 2. The van der Waals surface area contributed by atoms with E-state index in [9.17, 15) is 14.4 Å². The highest BCUT2D eigenvalue weighted by atomic mass is 16.5. The summed E-state index contributed by atoms with van der Waals surface area (Å²) < 4.78 is 5.31. The third-order valence-electron chi connectivity index (χ3n) is 4.90. The van der Waals surface area contributed by atoms with Crippen LogP contribution in [0.5, 0.6) is 0 Å². The summed E-state index contributed by atoms with van der Waals surface area (Å²) in [5, 5.41) is 15.6. The van der Waals surface area contributed by atoms with Crippen molar-refractivity contribution in [3.63, 3.8) is 0 Å². The van der Waals surface area contributed by atoms with E-state index >= 15 is 0 Å². The van der Waals surface area contributed by atoms with Crippen LogP contribution in [0.25, 0.3) is 0 Å². The number of nitrogens with zero attached hydrogens (tertiary/aromatic N) is 1. The second-order valence-electron chi connectivity index (χ2n) is 6.92. The highest BCUT2D eigenvalue weighted by Gasteiger charge is 2.18. The topological polar surface area (TPSA) is 104 Å². The van der Waals surface area contributed by atoms with Gasteiger partial charge in [0.2, 0.25) is 0 Å². The van der Waals surface area contributed by atoms with Gasteiger partial charge in [-0.15, -0.1) is 0 Å². The molecule has 28 heavy (non-hydrogen) atoms. The minimum absolute atomic E-state index is 0.227. The monoisotopic (exact) mass is 389 g/mol. The van der Waals surface area contributed by atoms with E-state index < -0.39 is 11.9 Å². The van der Waals surface area contributed by atoms with Crippen molar-refractivity contribution in [1.82, 2.24) is 4.90 Å². The molecule has 2 fully saturated rings. The molecular formula is C21H27NO6. The summed E-state index contributed by atoms with van der Waals surface area (Å²) in [4.78, 5) is 33.5. The van der Waals surface area contributed by atoms with Crippen LogP contribution in [0.4, 0.5) is 0 Å². The van der Waals surface area contributed by atoms with Gasteiger partial charge in [-0.1, -0.05) is 37.1 Å². The molecule has 0 spiro atoms. The largest absolute Gasteiger partial charge is 0.478 e. The van der Waals surface area contributed by atoms with Crippen molar-refractivity contribution in [1.29, 1.82) is 0 Å². The summed E-state index contributed by atoms with van der Waals surface area (Å²) in [6.07, 6.45) is 6.43. The Morgan fingerprint density at radius 2 is 1.50 bits per heavy atom. The number of rotatable bonds is 6. The molecule has 0 aromatic heterocycles. The molecule has 1 saturated carbocycles. The first-order valence-corrected chi connectivity index (χ1v) is 9.53. The van der Waals surface area contributed by atoms with Gasteiger partial charge < -0.3 is 14.9 Å². The van der Waals surface area contributed by atoms with Crippen LogP contribution in [0.3, 0.4) is 0 Å². The predicted molar refractivity (Wildman–Crippen MR) is 104 cm³/mol. The van der Waals surface area contributed by atoms with Crippen LogP contribution in [-0.2, 0) is 14.3 Å². The first kappa shape index (κ1) is 21.8. The zero-order chi connectivity index (χ0) is 20.4. The number of hydrogen-bond donors (Lipinski definition) is 2. The van der Waals surface area contributed by atoms with Crippen LogP contribution in [0.1, 0.15) is 47.5 Å². The molecule has 1 aliphatic heterocycles. The molecule has 2 aliphatic rings. The minimum Gasteiger partial charge on any atom is -0.478 e. The van der Waals surface area contributed by atoms with E-state index in [4.69, 9.17) is 14.9 Å². The number of hydrogen-bond acceptors (Lipinski definition) is 5. The molecule has 1 aromatic carbocycles. The Kier molecular flexibility index (Phi) is 8.84. The number of benzene rings is 1. The fraction of sp³-hybridized carbons (Fsp3) is 0.476. The molecule has 3 rings (SSSR count). The SMILES string of the molecule is O=C(CN1CCOCC1)c1ccc(C2CCCC2)cc1.O=C(O)C=CC(=O)O. The van der Waals surface area contributed by atoms with E-state index in [0.29, 0.717) is 18.7 Å². The molecule has 0 unspecified atom stereocenters. The van der Waals surface area contributed by atoms with Crippen molar-refractivity contribution in [2.45, 2.75) is 31.6 Å². The Balaban J connectivity index is 0.000000300. The summed E-state index contributed by atoms with van der Waals surface area (Å²) in [6.45, 7) is 3.74. The second-order valence-corrected chi connectivity index (χ2v) is 6.92. The van der Waals surface area contributed by atoms with E-state index in [-0.39, 0.29) is 5.78 Å². The molecule has 0 atom stereocenters. The van der Waals surface area contributed by atoms with Gasteiger partial charge in [0.15, 0.2) is 5.78 Å². The molecular weight excluding hydrogens is 362 g/mol. The molecule has 1 aromatic rings. The Bertz CT molecular complexity index is 669. The number of Topliss-reactive ketones (excluding diaryl/α,β-unsaturated/α-hetero) is 1. The quantitative estimate of drug-likeness (QED) is 0.569. The third-order valence-corrected chi connectivity index (χ3v) is 4.90. The van der Waals surface area contributed by atoms with Gasteiger partial charge in [-0.05, 0) is 24.3 Å². The fourth-order valence-corrected chi connectivity index (χ4v) is 3.40. The molecule has 0 bridgehead atoms. The van der Waals surface area contributed by atoms with Gasteiger partial charge in [-0.3, -0.25) is 9.69 Å². The van der Waals surface area contributed by atoms with Crippen molar-refractivity contribution in [3.8, 4) is 0 Å². The number of morpholine rings is 1. The average molecular weight is 389 g/mol. The summed E-state index contributed by atoms with van der Waals surface area (Å²) >= 11 is 0. The zero-order valence-corrected chi connectivity index (χ0v) is 15.9. The number of carboxylic acid groups (broad SMARTS) is 2. The first-order chi connectivity index (χ1) is 13.5. The van der Waals surface area contributed by atoms with Gasteiger partial charge in [0, 0.05) is 30.8 Å². The highest BCUT2D eigenvalue weighted by Crippen LogP contribution is 2.33. The molecule has 0 radical (unpaired) electrons. The zero-order valence-electron chi connectivity index (χ0n) is 15.9. The molecule has 2 N–H and O–H groups in total. The molecule has 1 heterocycles. The Morgan fingerprint density at radius 3 is 2.00 bits per heavy atom. The van der Waals surface area contributed by atoms with Crippen LogP contribution in [0.2, 0.25) is 0 Å². The molecule has 1 aliphatic carbocycles. The first-order valence-electron chi connectivity index (χ1n) is 9.53. The molecule has 1 saturated heterocycles. The van der Waals surface area contributed by atoms with E-state index in [1.54, 1.807) is 0 Å². The maximum Gasteiger partial charge on any atom is 0.328 e. The van der Waals surface area contributed by atoms with Crippen LogP contribution in [0.15, 0.2) is 36.4 Å². The van der Waals surface area contributed by atoms with Crippen molar-refractivity contribution in [2.24, 2.45) is 0 Å². The summed E-state index contributed by atoms with van der Waals surface area (Å²) in [5.41, 5.74) is 2.25. The van der Waals surface area contributed by atoms with Crippen LogP contribution in [-0.4, -0.2) is 65.7 Å². The summed E-state index contributed by atoms with van der Waals surface area (Å²) in [7, 11) is 0. The van der Waals surface area contributed by atoms with E-state index in [0.717, 1.165) is 37.8 Å². The van der Waals surface area contributed by atoms with Crippen LogP contribution < -0.4 is 0 Å². The normalized spacial score (nSPS) is 17.9. The Labute approximate surface area is 164 Å². The Morgan fingerprint density at radius 1 is 0.964 bits per heavy atom. The van der Waals surface area contributed by atoms with Gasteiger partial charge in [-0.25, -0.2) is 9.59 Å². The summed E-state index contributed by atoms with van der Waals surface area (Å²) in [6, 6.07) is 8.33. The van der Waals surface area contributed by atoms with Crippen LogP contribution >= 0.6 is 0 Å². The lowest BCUT2D eigenvalue weighted by atomic mass is 9.96. The van der Waals surface area contributed by atoms with Gasteiger partial charge in [-0.2, -0.15) is 0 Å². The van der Waals surface area contributed by atoms with Gasteiger partial charge in [0.1, 0.15) is 0 Å². The van der Waals surface area contributed by atoms with E-state index in [1.807, 2.05) is 12.1 Å². The minimum atomic E-state index is -1.26. The van der Waals surface area contributed by atoms with Crippen molar-refractivity contribution >= 4 is 17.7 Å². The second kappa shape index (κ2) is 11.4. The van der Waals surface area contributed by atoms with Crippen molar-refractivity contribution in [3.05, 3.63) is 47.5 Å². The average Bonchev–Trinajstić information content (AvgIpc) is 3.23. The molecule has 152 valence electrons.